The third kappa shape index (κ3) is 0.992. The molecule has 1 aromatic carbocycles. The number of fused-ring (bicyclic) bond motifs is 1. The monoisotopic (exact) mass is 187 g/mol. The van der Waals surface area contributed by atoms with Gasteiger partial charge < -0.3 is 5.32 Å². The normalized spacial score (nSPS) is 35.1. The van der Waals surface area contributed by atoms with Crippen molar-refractivity contribution in [2.75, 3.05) is 13.1 Å². The molecule has 1 heteroatoms. The highest BCUT2D eigenvalue weighted by molar-refractivity contribution is 5.35. The van der Waals surface area contributed by atoms with Crippen molar-refractivity contribution in [3.8, 4) is 0 Å². The van der Waals surface area contributed by atoms with Gasteiger partial charge in [-0.05, 0) is 37.8 Å². The molecule has 0 bridgehead atoms. The minimum absolute atomic E-state index is 0.506. The Morgan fingerprint density at radius 2 is 2.36 bits per heavy atom. The van der Waals surface area contributed by atoms with Crippen molar-refractivity contribution >= 4 is 0 Å². The summed E-state index contributed by atoms with van der Waals surface area (Å²) >= 11 is 0. The predicted molar refractivity (Wildman–Crippen MR) is 58.5 cm³/mol. The molecule has 1 aliphatic carbocycles. The highest BCUT2D eigenvalue weighted by atomic mass is 15.0. The molecule has 0 radical (unpaired) electrons. The molecule has 1 saturated carbocycles. The predicted octanol–water partition coefficient (Wildman–Crippen LogP) is 2.25. The summed E-state index contributed by atoms with van der Waals surface area (Å²) in [6.07, 6.45) is 2.80. The Kier molecular flexibility index (Phi) is 1.72. The standard InChI is InChI=1S/C13H17N/c1-10-3-2-4-11(7-10)13-6-5-12(13)8-14-9-13/h2-4,7,12,14H,5-6,8-9H2,1H3. The van der Waals surface area contributed by atoms with Crippen LogP contribution < -0.4 is 5.32 Å². The van der Waals surface area contributed by atoms with Gasteiger partial charge in [-0.15, -0.1) is 0 Å². The van der Waals surface area contributed by atoms with Gasteiger partial charge in [0.05, 0.1) is 0 Å². The number of hydrogen-bond acceptors (Lipinski definition) is 1. The molecule has 2 aliphatic rings. The molecule has 2 atom stereocenters. The Balaban J connectivity index is 2.02. The van der Waals surface area contributed by atoms with Crippen LogP contribution in [-0.4, -0.2) is 13.1 Å². The Morgan fingerprint density at radius 3 is 3.00 bits per heavy atom. The minimum atomic E-state index is 0.506. The zero-order valence-corrected chi connectivity index (χ0v) is 8.72. The molecule has 2 unspecified atom stereocenters. The largest absolute Gasteiger partial charge is 0.316 e. The van der Waals surface area contributed by atoms with Gasteiger partial charge in [0.2, 0.25) is 0 Å². The highest BCUT2D eigenvalue weighted by Gasteiger charge is 2.50. The third-order valence-electron chi connectivity index (χ3n) is 4.14. The zero-order chi connectivity index (χ0) is 9.60. The first-order chi connectivity index (χ1) is 6.81. The van der Waals surface area contributed by atoms with Gasteiger partial charge in [0.1, 0.15) is 0 Å². The molecule has 1 saturated heterocycles. The Morgan fingerprint density at radius 1 is 1.43 bits per heavy atom. The van der Waals surface area contributed by atoms with Gasteiger partial charge in [-0.2, -0.15) is 0 Å². The van der Waals surface area contributed by atoms with Gasteiger partial charge in [0, 0.05) is 12.0 Å². The van der Waals surface area contributed by atoms with Crippen LogP contribution in [-0.2, 0) is 5.41 Å². The topological polar surface area (TPSA) is 12.0 Å². The molecule has 1 heterocycles. The van der Waals surface area contributed by atoms with Crippen LogP contribution in [0.15, 0.2) is 24.3 Å². The summed E-state index contributed by atoms with van der Waals surface area (Å²) in [4.78, 5) is 0. The van der Waals surface area contributed by atoms with Gasteiger partial charge in [0.15, 0.2) is 0 Å². The first kappa shape index (κ1) is 8.49. The molecule has 2 fully saturated rings. The first-order valence-corrected chi connectivity index (χ1v) is 5.59. The zero-order valence-electron chi connectivity index (χ0n) is 8.72. The molecule has 3 rings (SSSR count). The quantitative estimate of drug-likeness (QED) is 0.711. The molecule has 74 valence electrons. The van der Waals surface area contributed by atoms with Crippen molar-refractivity contribution in [2.45, 2.75) is 25.2 Å². The lowest BCUT2D eigenvalue weighted by Crippen LogP contribution is -2.43. The van der Waals surface area contributed by atoms with Crippen molar-refractivity contribution in [1.82, 2.24) is 5.32 Å². The van der Waals surface area contributed by atoms with Crippen LogP contribution in [0.3, 0.4) is 0 Å². The van der Waals surface area contributed by atoms with Crippen LogP contribution in [0.5, 0.6) is 0 Å². The molecule has 0 amide bonds. The molecule has 1 N–H and O–H groups in total. The van der Waals surface area contributed by atoms with Crippen LogP contribution >= 0.6 is 0 Å². The van der Waals surface area contributed by atoms with Gasteiger partial charge in [0.25, 0.3) is 0 Å². The number of nitrogens with one attached hydrogen (secondary N) is 1. The summed E-state index contributed by atoms with van der Waals surface area (Å²) in [5.74, 6) is 0.907. The van der Waals surface area contributed by atoms with Crippen molar-refractivity contribution in [2.24, 2.45) is 5.92 Å². The van der Waals surface area contributed by atoms with Crippen LogP contribution in [0, 0.1) is 12.8 Å². The van der Waals surface area contributed by atoms with E-state index in [1.807, 2.05) is 0 Å². The van der Waals surface area contributed by atoms with E-state index in [1.54, 1.807) is 5.56 Å². The Bertz CT molecular complexity index is 358. The SMILES string of the molecule is Cc1cccc(C23CCC2CNC3)c1. The average Bonchev–Trinajstić information content (AvgIpc) is 2.43. The Hall–Kier alpha value is -0.820. The molecular weight excluding hydrogens is 170 g/mol. The van der Waals surface area contributed by atoms with E-state index in [2.05, 4.69) is 36.5 Å². The van der Waals surface area contributed by atoms with Crippen LogP contribution in [0.1, 0.15) is 24.0 Å². The maximum Gasteiger partial charge on any atom is 0.0118 e. The molecule has 1 aromatic rings. The summed E-state index contributed by atoms with van der Waals surface area (Å²) in [7, 11) is 0. The fourth-order valence-electron chi connectivity index (χ4n) is 3.13. The number of rotatable bonds is 1. The molecular formula is C13H17N. The summed E-state index contributed by atoms with van der Waals surface area (Å²) in [5.41, 5.74) is 3.47. The molecule has 0 aromatic heterocycles. The van der Waals surface area contributed by atoms with Crippen LogP contribution in [0.4, 0.5) is 0 Å². The van der Waals surface area contributed by atoms with Gasteiger partial charge in [-0.25, -0.2) is 0 Å². The van der Waals surface area contributed by atoms with Crippen LogP contribution in [0.25, 0.3) is 0 Å². The van der Waals surface area contributed by atoms with Crippen molar-refractivity contribution in [1.29, 1.82) is 0 Å². The molecule has 1 aliphatic heterocycles. The number of hydrogen-bond donors (Lipinski definition) is 1. The second kappa shape index (κ2) is 2.83. The lowest BCUT2D eigenvalue weighted by molar-refractivity contribution is 0.182. The highest BCUT2D eigenvalue weighted by Crippen LogP contribution is 2.50. The molecule has 0 spiro atoms. The third-order valence-corrected chi connectivity index (χ3v) is 4.14. The fourth-order valence-corrected chi connectivity index (χ4v) is 3.13. The van der Waals surface area contributed by atoms with Crippen LogP contribution in [0.2, 0.25) is 0 Å². The van der Waals surface area contributed by atoms with E-state index >= 15 is 0 Å². The number of aryl methyl sites for hydroxylation is 1. The molecule has 1 nitrogen and oxygen atoms in total. The summed E-state index contributed by atoms with van der Waals surface area (Å²) in [6, 6.07) is 9.08. The van der Waals surface area contributed by atoms with E-state index in [-0.39, 0.29) is 0 Å². The number of benzene rings is 1. The molecule has 14 heavy (non-hydrogen) atoms. The fraction of sp³-hybridized carbons (Fsp3) is 0.538. The van der Waals surface area contributed by atoms with Crippen molar-refractivity contribution in [3.05, 3.63) is 35.4 Å². The lowest BCUT2D eigenvalue weighted by Gasteiger charge is -2.45. The van der Waals surface area contributed by atoms with E-state index < -0.39 is 0 Å². The maximum atomic E-state index is 3.54. The summed E-state index contributed by atoms with van der Waals surface area (Å²) in [5, 5.41) is 3.54. The second-order valence-electron chi connectivity index (χ2n) is 4.89. The van der Waals surface area contributed by atoms with Crippen molar-refractivity contribution in [3.63, 3.8) is 0 Å². The second-order valence-corrected chi connectivity index (χ2v) is 4.89. The summed E-state index contributed by atoms with van der Waals surface area (Å²) in [6.45, 7) is 4.62. The van der Waals surface area contributed by atoms with E-state index in [0.717, 1.165) is 5.92 Å². The van der Waals surface area contributed by atoms with Gasteiger partial charge >= 0.3 is 0 Å². The lowest BCUT2D eigenvalue weighted by atomic mass is 9.58. The van der Waals surface area contributed by atoms with Gasteiger partial charge in [-0.1, -0.05) is 29.8 Å². The van der Waals surface area contributed by atoms with Crippen molar-refractivity contribution < 1.29 is 0 Å². The van der Waals surface area contributed by atoms with Gasteiger partial charge in [-0.3, -0.25) is 0 Å². The Labute approximate surface area is 85.5 Å². The maximum absolute atomic E-state index is 3.54. The van der Waals surface area contributed by atoms with E-state index in [9.17, 15) is 0 Å². The first-order valence-electron chi connectivity index (χ1n) is 5.59. The average molecular weight is 187 g/mol. The minimum Gasteiger partial charge on any atom is -0.316 e. The van der Waals surface area contributed by atoms with E-state index in [0.29, 0.717) is 5.41 Å². The van der Waals surface area contributed by atoms with E-state index in [4.69, 9.17) is 0 Å². The van der Waals surface area contributed by atoms with E-state index in [1.165, 1.54) is 31.5 Å². The summed E-state index contributed by atoms with van der Waals surface area (Å²) < 4.78 is 0. The smallest absolute Gasteiger partial charge is 0.0118 e.